The Labute approximate surface area is 155 Å². The summed E-state index contributed by atoms with van der Waals surface area (Å²) in [6.07, 6.45) is 8.57. The van der Waals surface area contributed by atoms with Gasteiger partial charge in [0.15, 0.2) is 5.96 Å². The second-order valence-corrected chi connectivity index (χ2v) is 6.52. The van der Waals surface area contributed by atoms with Crippen molar-refractivity contribution < 1.29 is 0 Å². The molecule has 0 saturated heterocycles. The molecule has 4 nitrogen and oxygen atoms in total. The molecule has 1 aliphatic carbocycles. The number of hydrogen-bond donors (Lipinski definition) is 2. The zero-order valence-electron chi connectivity index (χ0n) is 13.7. The van der Waals surface area contributed by atoms with Gasteiger partial charge in [-0.1, -0.05) is 26.2 Å². The average molecular weight is 436 g/mol. The summed E-state index contributed by atoms with van der Waals surface area (Å²) in [6.45, 7) is 5.98. The molecule has 0 atom stereocenters. The molecule has 1 aliphatic rings. The first-order valence-corrected chi connectivity index (χ1v) is 9.18. The summed E-state index contributed by atoms with van der Waals surface area (Å²) in [4.78, 5) is 9.29. The van der Waals surface area contributed by atoms with Gasteiger partial charge in [-0.3, -0.25) is 4.99 Å². The van der Waals surface area contributed by atoms with E-state index < -0.39 is 0 Å². The monoisotopic (exact) mass is 436 g/mol. The van der Waals surface area contributed by atoms with Crippen molar-refractivity contribution in [2.24, 2.45) is 4.99 Å². The maximum Gasteiger partial charge on any atom is 0.191 e. The van der Waals surface area contributed by atoms with Gasteiger partial charge in [0.25, 0.3) is 0 Å². The fraction of sp³-hybridized carbons (Fsp3) is 0.750. The highest BCUT2D eigenvalue weighted by Crippen LogP contribution is 2.17. The Morgan fingerprint density at radius 1 is 1.32 bits per heavy atom. The lowest BCUT2D eigenvalue weighted by molar-refractivity contribution is 0.410. The molecule has 1 saturated carbocycles. The average Bonchev–Trinajstić information content (AvgIpc) is 2.96. The van der Waals surface area contributed by atoms with Crippen LogP contribution in [0.4, 0.5) is 0 Å². The Bertz CT molecular complexity index is 441. The molecule has 1 fully saturated rings. The van der Waals surface area contributed by atoms with Gasteiger partial charge in [0.1, 0.15) is 0 Å². The van der Waals surface area contributed by atoms with Gasteiger partial charge in [0.2, 0.25) is 0 Å². The van der Waals surface area contributed by atoms with Gasteiger partial charge in [0.05, 0.1) is 10.7 Å². The zero-order chi connectivity index (χ0) is 14.9. The molecule has 0 unspecified atom stereocenters. The van der Waals surface area contributed by atoms with Gasteiger partial charge in [-0.25, -0.2) is 4.98 Å². The van der Waals surface area contributed by atoms with Gasteiger partial charge in [0, 0.05) is 30.9 Å². The van der Waals surface area contributed by atoms with Crippen molar-refractivity contribution >= 4 is 41.3 Å². The van der Waals surface area contributed by atoms with Crippen LogP contribution >= 0.6 is 35.3 Å². The first-order chi connectivity index (χ1) is 10.3. The first-order valence-electron chi connectivity index (χ1n) is 8.30. The van der Waals surface area contributed by atoms with Gasteiger partial charge in [-0.15, -0.1) is 35.3 Å². The number of guanidine groups is 1. The van der Waals surface area contributed by atoms with Crippen molar-refractivity contribution in [1.29, 1.82) is 0 Å². The van der Waals surface area contributed by atoms with Crippen LogP contribution in [0, 0.1) is 0 Å². The summed E-state index contributed by atoms with van der Waals surface area (Å²) in [5, 5.41) is 10.3. The largest absolute Gasteiger partial charge is 0.357 e. The molecule has 0 bridgehead atoms. The van der Waals surface area contributed by atoms with E-state index in [2.05, 4.69) is 34.8 Å². The van der Waals surface area contributed by atoms with Crippen molar-refractivity contribution in [2.45, 2.75) is 64.8 Å². The highest BCUT2D eigenvalue weighted by molar-refractivity contribution is 14.0. The minimum absolute atomic E-state index is 0. The van der Waals surface area contributed by atoms with Crippen molar-refractivity contribution in [2.75, 3.05) is 13.1 Å². The van der Waals surface area contributed by atoms with E-state index in [0.29, 0.717) is 6.04 Å². The SMILES string of the molecule is CCNC(=NCCc1csc(CC)n1)NC1CCCCC1.I. The van der Waals surface area contributed by atoms with E-state index in [4.69, 9.17) is 4.99 Å². The first kappa shape index (κ1) is 19.7. The van der Waals surface area contributed by atoms with Crippen molar-refractivity contribution in [3.63, 3.8) is 0 Å². The minimum atomic E-state index is 0. The molecule has 2 rings (SSSR count). The maximum atomic E-state index is 4.70. The van der Waals surface area contributed by atoms with Crippen LogP contribution in [0.5, 0.6) is 0 Å². The molecule has 1 heterocycles. The normalized spacial score (nSPS) is 16.2. The van der Waals surface area contributed by atoms with Crippen molar-refractivity contribution in [3.05, 3.63) is 16.1 Å². The molecular formula is C16H29IN4S. The number of aryl methyl sites for hydroxylation is 1. The van der Waals surface area contributed by atoms with Crippen molar-refractivity contribution in [3.8, 4) is 0 Å². The third-order valence-corrected chi connectivity index (χ3v) is 4.87. The molecule has 6 heteroatoms. The predicted molar refractivity (Wildman–Crippen MR) is 107 cm³/mol. The fourth-order valence-corrected chi connectivity index (χ4v) is 3.45. The molecule has 0 radical (unpaired) electrons. The number of hydrogen-bond acceptors (Lipinski definition) is 3. The van der Waals surface area contributed by atoms with Crippen LogP contribution in [0.1, 0.15) is 56.7 Å². The Balaban J connectivity index is 0.00000242. The highest BCUT2D eigenvalue weighted by atomic mass is 127. The minimum Gasteiger partial charge on any atom is -0.357 e. The third-order valence-electron chi connectivity index (χ3n) is 3.83. The van der Waals surface area contributed by atoms with Gasteiger partial charge in [-0.2, -0.15) is 0 Å². The van der Waals surface area contributed by atoms with E-state index in [1.165, 1.54) is 42.8 Å². The Morgan fingerprint density at radius 3 is 2.73 bits per heavy atom. The van der Waals surface area contributed by atoms with Gasteiger partial charge < -0.3 is 10.6 Å². The highest BCUT2D eigenvalue weighted by Gasteiger charge is 2.14. The Morgan fingerprint density at radius 2 is 2.09 bits per heavy atom. The van der Waals surface area contributed by atoms with Crippen LogP contribution in [0.3, 0.4) is 0 Å². The summed E-state index contributed by atoms with van der Waals surface area (Å²) in [7, 11) is 0. The molecular weight excluding hydrogens is 407 g/mol. The van der Waals surface area contributed by atoms with E-state index in [-0.39, 0.29) is 24.0 Å². The van der Waals surface area contributed by atoms with E-state index >= 15 is 0 Å². The number of nitrogens with one attached hydrogen (secondary N) is 2. The summed E-state index contributed by atoms with van der Waals surface area (Å²) < 4.78 is 0. The Hall–Kier alpha value is -0.370. The van der Waals surface area contributed by atoms with Crippen LogP contribution in [-0.4, -0.2) is 30.1 Å². The zero-order valence-corrected chi connectivity index (χ0v) is 16.9. The quantitative estimate of drug-likeness (QED) is 0.406. The molecule has 126 valence electrons. The number of aliphatic imine (C=N–C) groups is 1. The van der Waals surface area contributed by atoms with Crippen molar-refractivity contribution in [1.82, 2.24) is 15.6 Å². The summed E-state index contributed by atoms with van der Waals surface area (Å²) in [6, 6.07) is 0.600. The molecule has 0 spiro atoms. The lowest BCUT2D eigenvalue weighted by atomic mass is 9.96. The molecule has 2 N–H and O–H groups in total. The predicted octanol–water partition coefficient (Wildman–Crippen LogP) is 3.75. The van der Waals surface area contributed by atoms with E-state index in [0.717, 1.165) is 31.9 Å². The maximum absolute atomic E-state index is 4.70. The second-order valence-electron chi connectivity index (χ2n) is 5.58. The number of nitrogens with zero attached hydrogens (tertiary/aromatic N) is 2. The summed E-state index contributed by atoms with van der Waals surface area (Å²) >= 11 is 1.76. The summed E-state index contributed by atoms with van der Waals surface area (Å²) in [5.74, 6) is 0.968. The van der Waals surface area contributed by atoms with E-state index in [1.54, 1.807) is 11.3 Å². The van der Waals surface area contributed by atoms with Gasteiger partial charge in [-0.05, 0) is 26.2 Å². The molecule has 1 aromatic heterocycles. The summed E-state index contributed by atoms with van der Waals surface area (Å²) in [5.41, 5.74) is 1.18. The molecule has 0 aliphatic heterocycles. The van der Waals surface area contributed by atoms with Crippen LogP contribution in [-0.2, 0) is 12.8 Å². The standard InChI is InChI=1S/C16H28N4S.HI/c1-3-15-19-14(12-21-15)10-11-18-16(17-4-2)20-13-8-6-5-7-9-13;/h12-13H,3-11H2,1-2H3,(H2,17,18,20);1H. The second kappa shape index (κ2) is 11.2. The number of rotatable bonds is 6. The fourth-order valence-electron chi connectivity index (χ4n) is 2.67. The van der Waals surface area contributed by atoms with E-state index in [9.17, 15) is 0 Å². The lowest BCUT2D eigenvalue weighted by Crippen LogP contribution is -2.44. The van der Waals surface area contributed by atoms with Crippen LogP contribution in [0.25, 0.3) is 0 Å². The van der Waals surface area contributed by atoms with Crippen LogP contribution in [0.2, 0.25) is 0 Å². The number of aromatic nitrogens is 1. The number of halogens is 1. The van der Waals surface area contributed by atoms with Crippen LogP contribution in [0.15, 0.2) is 10.4 Å². The molecule has 0 aromatic carbocycles. The third kappa shape index (κ3) is 6.81. The number of thiazole rings is 1. The molecule has 0 amide bonds. The van der Waals surface area contributed by atoms with E-state index in [1.807, 2.05) is 0 Å². The smallest absolute Gasteiger partial charge is 0.191 e. The van der Waals surface area contributed by atoms with Crippen LogP contribution < -0.4 is 10.6 Å². The van der Waals surface area contributed by atoms with Gasteiger partial charge >= 0.3 is 0 Å². The topological polar surface area (TPSA) is 49.3 Å². The molecule has 1 aromatic rings. The Kier molecular flexibility index (Phi) is 10.0. The molecule has 22 heavy (non-hydrogen) atoms. The lowest BCUT2D eigenvalue weighted by Gasteiger charge is -2.24.